The van der Waals surface area contributed by atoms with E-state index in [1.807, 2.05) is 27.7 Å². The van der Waals surface area contributed by atoms with Crippen LogP contribution in [0.4, 0.5) is 8.78 Å². The van der Waals surface area contributed by atoms with Gasteiger partial charge in [-0.15, -0.1) is 5.92 Å². The summed E-state index contributed by atoms with van der Waals surface area (Å²) in [5, 5.41) is 15.6. The van der Waals surface area contributed by atoms with Gasteiger partial charge in [0.05, 0.1) is 12.1 Å². The molecule has 0 aliphatic carbocycles. The van der Waals surface area contributed by atoms with Crippen molar-refractivity contribution in [3.05, 3.63) is 70.3 Å². The maximum Gasteiger partial charge on any atom is 0.253 e. The quantitative estimate of drug-likeness (QED) is 0.189. The van der Waals surface area contributed by atoms with Gasteiger partial charge in [-0.3, -0.25) is 19.8 Å². The largest absolute Gasteiger partial charge is 0.390 e. The van der Waals surface area contributed by atoms with E-state index < -0.39 is 29.7 Å². The van der Waals surface area contributed by atoms with Crippen molar-refractivity contribution in [3.63, 3.8) is 0 Å². The van der Waals surface area contributed by atoms with Crippen LogP contribution in [-0.4, -0.2) is 71.1 Å². The number of benzene rings is 2. The van der Waals surface area contributed by atoms with Gasteiger partial charge in [-0.2, -0.15) is 0 Å². The van der Waals surface area contributed by atoms with Crippen molar-refractivity contribution in [2.45, 2.75) is 79.4 Å². The van der Waals surface area contributed by atoms with Gasteiger partial charge < -0.3 is 15.3 Å². The first kappa shape index (κ1) is 36.4. The van der Waals surface area contributed by atoms with Crippen molar-refractivity contribution in [1.82, 2.24) is 20.7 Å². The summed E-state index contributed by atoms with van der Waals surface area (Å²) in [5.41, 5.74) is 3.94. The summed E-state index contributed by atoms with van der Waals surface area (Å²) in [4.78, 5) is 41.2. The lowest BCUT2D eigenvalue weighted by Crippen LogP contribution is -2.53. The predicted molar refractivity (Wildman–Crippen MR) is 168 cm³/mol. The fourth-order valence-electron chi connectivity index (χ4n) is 4.85. The van der Waals surface area contributed by atoms with E-state index in [1.54, 1.807) is 30.9 Å². The molecule has 0 saturated carbocycles. The molecule has 0 fully saturated rings. The molecule has 240 valence electrons. The van der Waals surface area contributed by atoms with E-state index in [1.165, 1.54) is 11.1 Å². The van der Waals surface area contributed by atoms with Gasteiger partial charge in [0.2, 0.25) is 5.91 Å². The van der Waals surface area contributed by atoms with E-state index in [2.05, 4.69) is 22.6 Å². The topological polar surface area (TPSA) is 102 Å². The summed E-state index contributed by atoms with van der Waals surface area (Å²) in [6.07, 6.45) is 0.511. The molecule has 2 unspecified atom stereocenters. The number of rotatable bonds is 16. The van der Waals surface area contributed by atoms with Crippen LogP contribution in [0.15, 0.2) is 36.4 Å². The molecule has 0 aromatic heterocycles. The summed E-state index contributed by atoms with van der Waals surface area (Å²) < 4.78 is 28.1. The normalized spacial score (nSPS) is 12.3. The van der Waals surface area contributed by atoms with Gasteiger partial charge in [0.25, 0.3) is 11.8 Å². The third-order valence-corrected chi connectivity index (χ3v) is 6.81. The van der Waals surface area contributed by atoms with Crippen LogP contribution in [0.1, 0.15) is 92.6 Å². The zero-order valence-electron chi connectivity index (χ0n) is 26.7. The number of nitrogens with one attached hydrogen (secondary N) is 2. The molecule has 0 radical (unpaired) electrons. The van der Waals surface area contributed by atoms with Gasteiger partial charge in [0.15, 0.2) is 0 Å². The molecule has 0 aliphatic heterocycles. The van der Waals surface area contributed by atoms with E-state index in [9.17, 15) is 28.3 Å². The smallest absolute Gasteiger partial charge is 0.253 e. The molecular weight excluding hydrogens is 566 g/mol. The first-order valence-electron chi connectivity index (χ1n) is 15.3. The van der Waals surface area contributed by atoms with E-state index in [4.69, 9.17) is 0 Å². The Balaban J connectivity index is 2.43. The van der Waals surface area contributed by atoms with Gasteiger partial charge in [0.1, 0.15) is 11.6 Å². The number of halogens is 2. The van der Waals surface area contributed by atoms with Crippen LogP contribution in [0.3, 0.4) is 0 Å². The minimum Gasteiger partial charge on any atom is -0.390 e. The molecule has 2 aromatic carbocycles. The van der Waals surface area contributed by atoms with Crippen LogP contribution in [0.5, 0.6) is 0 Å². The highest BCUT2D eigenvalue weighted by molar-refractivity contribution is 6.00. The Morgan fingerprint density at radius 2 is 1.55 bits per heavy atom. The van der Waals surface area contributed by atoms with Crippen molar-refractivity contribution >= 4 is 17.7 Å². The monoisotopic (exact) mass is 612 g/mol. The van der Waals surface area contributed by atoms with Crippen LogP contribution in [0.2, 0.25) is 0 Å². The highest BCUT2D eigenvalue weighted by Crippen LogP contribution is 2.17. The standard InChI is InChI=1S/C34H46F2N4O4/c1-7-11-24-15-26(20-27(16-24)34(44)39(12-8-2)13-9-3)33(43)37-30(19-25-17-28(35)21-29(36)18-25)31(41)22-40(10-4)38-32(42)14-23(5)6/h15-18,20-21,23,30-31,41H,8-10,12-14,19,22H2,1-6H3,(H,37,43)(H,38,42). The maximum absolute atomic E-state index is 14.0. The molecule has 0 aliphatic rings. The Kier molecular flexibility index (Phi) is 15.0. The zero-order valence-corrected chi connectivity index (χ0v) is 26.7. The van der Waals surface area contributed by atoms with Gasteiger partial charge >= 0.3 is 0 Å². The van der Waals surface area contributed by atoms with Crippen molar-refractivity contribution in [2.24, 2.45) is 5.92 Å². The molecule has 2 aromatic rings. The number of carbonyl (C=O) groups is 3. The Hall–Kier alpha value is -3.81. The number of hydrogen-bond acceptors (Lipinski definition) is 5. The van der Waals surface area contributed by atoms with Gasteiger partial charge in [-0.25, -0.2) is 13.8 Å². The first-order valence-corrected chi connectivity index (χ1v) is 15.3. The Morgan fingerprint density at radius 1 is 0.932 bits per heavy atom. The molecule has 0 heterocycles. The molecule has 0 saturated heterocycles. The van der Waals surface area contributed by atoms with Crippen LogP contribution < -0.4 is 10.7 Å². The van der Waals surface area contributed by atoms with Crippen molar-refractivity contribution in [3.8, 4) is 11.8 Å². The highest BCUT2D eigenvalue weighted by atomic mass is 19.1. The van der Waals surface area contributed by atoms with Crippen LogP contribution in [-0.2, 0) is 11.2 Å². The van der Waals surface area contributed by atoms with E-state index in [0.717, 1.165) is 31.0 Å². The Labute approximate surface area is 260 Å². The molecule has 8 nitrogen and oxygen atoms in total. The Morgan fingerprint density at radius 3 is 2.09 bits per heavy atom. The Bertz CT molecular complexity index is 1310. The molecule has 0 spiro atoms. The number of amides is 3. The lowest BCUT2D eigenvalue weighted by atomic mass is 9.99. The van der Waals surface area contributed by atoms with Gasteiger partial charge in [-0.1, -0.05) is 40.5 Å². The first-order chi connectivity index (χ1) is 20.9. The fraction of sp³-hybridized carbons (Fsp3) is 0.500. The molecule has 0 bridgehead atoms. The average Bonchev–Trinajstić information content (AvgIpc) is 2.94. The summed E-state index contributed by atoms with van der Waals surface area (Å²) in [6, 6.07) is 6.72. The third-order valence-electron chi connectivity index (χ3n) is 6.81. The van der Waals surface area contributed by atoms with Crippen molar-refractivity contribution in [1.29, 1.82) is 0 Å². The minimum absolute atomic E-state index is 0.0584. The summed E-state index contributed by atoms with van der Waals surface area (Å²) in [5.74, 6) is 3.25. The molecule has 3 N–H and O–H groups in total. The van der Waals surface area contributed by atoms with Crippen molar-refractivity contribution < 1.29 is 28.3 Å². The molecule has 2 rings (SSSR count). The summed E-state index contributed by atoms with van der Waals surface area (Å²) >= 11 is 0. The predicted octanol–water partition coefficient (Wildman–Crippen LogP) is 4.70. The fourth-order valence-corrected chi connectivity index (χ4v) is 4.85. The number of carbonyl (C=O) groups excluding carboxylic acids is 3. The van der Waals surface area contributed by atoms with Gasteiger partial charge in [0, 0.05) is 55.4 Å². The van der Waals surface area contributed by atoms with E-state index in [0.29, 0.717) is 37.2 Å². The molecular formula is C34H46F2N4O4. The van der Waals surface area contributed by atoms with Crippen LogP contribution >= 0.6 is 0 Å². The number of aliphatic hydroxyl groups excluding tert-OH is 1. The van der Waals surface area contributed by atoms with E-state index in [-0.39, 0.29) is 41.8 Å². The zero-order chi connectivity index (χ0) is 32.8. The van der Waals surface area contributed by atoms with Gasteiger partial charge in [-0.05, 0) is 68.0 Å². The average molecular weight is 613 g/mol. The molecule has 10 heteroatoms. The molecule has 3 amide bonds. The second-order valence-corrected chi connectivity index (χ2v) is 11.3. The van der Waals surface area contributed by atoms with E-state index >= 15 is 0 Å². The number of aliphatic hydroxyl groups is 1. The summed E-state index contributed by atoms with van der Waals surface area (Å²) in [6.45, 7) is 12.7. The number of nitrogens with zero attached hydrogens (tertiary/aromatic N) is 2. The second-order valence-electron chi connectivity index (χ2n) is 11.3. The summed E-state index contributed by atoms with van der Waals surface area (Å²) in [7, 11) is 0. The third kappa shape index (κ3) is 11.7. The van der Waals surface area contributed by atoms with Crippen LogP contribution in [0, 0.1) is 29.4 Å². The number of likely N-dealkylation sites (N-methyl/N-ethyl adjacent to an activating group) is 1. The number of hydrazine groups is 1. The van der Waals surface area contributed by atoms with Crippen LogP contribution in [0.25, 0.3) is 0 Å². The highest BCUT2D eigenvalue weighted by Gasteiger charge is 2.26. The lowest BCUT2D eigenvalue weighted by Gasteiger charge is -2.30. The minimum atomic E-state index is -1.24. The SMILES string of the molecule is CC#Cc1cc(C(=O)NC(Cc2cc(F)cc(F)c2)C(O)CN(CC)NC(=O)CC(C)C)cc(C(=O)N(CCC)CCC)c1. The second kappa shape index (κ2) is 18.1. The van der Waals surface area contributed by atoms with Crippen molar-refractivity contribution in [2.75, 3.05) is 26.2 Å². The molecule has 2 atom stereocenters. The maximum atomic E-state index is 14.0. The number of hydrogen-bond donors (Lipinski definition) is 3. The molecule has 44 heavy (non-hydrogen) atoms. The lowest BCUT2D eigenvalue weighted by molar-refractivity contribution is -0.127.